The second-order valence-electron chi connectivity index (χ2n) is 9.70. The summed E-state index contributed by atoms with van der Waals surface area (Å²) in [6, 6.07) is 0. The van der Waals surface area contributed by atoms with E-state index in [-0.39, 0.29) is 11.6 Å². The Bertz CT molecular complexity index is 1660. The van der Waals surface area contributed by atoms with Crippen LogP contribution >= 0.6 is 19.0 Å². The monoisotopic (exact) mass is 640 g/mol. The van der Waals surface area contributed by atoms with Gasteiger partial charge in [-0.15, -0.1) is 0 Å². The van der Waals surface area contributed by atoms with Crippen LogP contribution < -0.4 is 11.5 Å². The number of nitrogens with two attached hydrogens (primary N) is 2. The molecule has 2 fully saturated rings. The summed E-state index contributed by atoms with van der Waals surface area (Å²) in [6.45, 7) is -5.08. The van der Waals surface area contributed by atoms with Crippen LogP contribution in [0.2, 0.25) is 0 Å². The van der Waals surface area contributed by atoms with E-state index in [4.69, 9.17) is 39.5 Å². The lowest BCUT2D eigenvalue weighted by Crippen LogP contribution is -2.37. The number of hydrogen-bond acceptors (Lipinski definition) is 17. The molecular formula is C22H29N10O9PS. The Kier molecular flexibility index (Phi) is 8.24. The minimum atomic E-state index is -4.17. The lowest BCUT2D eigenvalue weighted by Gasteiger charge is -2.26. The van der Waals surface area contributed by atoms with E-state index >= 15 is 0 Å². The molecule has 21 heteroatoms. The van der Waals surface area contributed by atoms with Crippen LogP contribution in [0.15, 0.2) is 25.3 Å². The lowest BCUT2D eigenvalue weighted by molar-refractivity contribution is -0.0585. The van der Waals surface area contributed by atoms with Crippen molar-refractivity contribution >= 4 is 53.0 Å². The lowest BCUT2D eigenvalue weighted by atomic mass is 10.1. The minimum absolute atomic E-state index is 0.170. The van der Waals surface area contributed by atoms with Gasteiger partial charge in [0.1, 0.15) is 60.3 Å². The number of aliphatic hydroxyl groups excluding tert-OH is 2. The average molecular weight is 641 g/mol. The van der Waals surface area contributed by atoms with Gasteiger partial charge >= 0.3 is 6.80 Å². The van der Waals surface area contributed by atoms with Crippen LogP contribution in [0.1, 0.15) is 12.5 Å². The van der Waals surface area contributed by atoms with Crippen molar-refractivity contribution in [2.45, 2.75) is 49.1 Å². The van der Waals surface area contributed by atoms with Gasteiger partial charge in [-0.05, 0) is 0 Å². The van der Waals surface area contributed by atoms with Gasteiger partial charge in [-0.25, -0.2) is 34.5 Å². The van der Waals surface area contributed by atoms with Gasteiger partial charge in [-0.2, -0.15) is 0 Å². The molecular weight excluding hydrogens is 611 g/mol. The van der Waals surface area contributed by atoms with E-state index in [1.54, 1.807) is 9.13 Å². The highest BCUT2D eigenvalue weighted by Crippen LogP contribution is 2.57. The molecule has 2 aliphatic heterocycles. The number of fused-ring (bicyclic) bond motifs is 2. The summed E-state index contributed by atoms with van der Waals surface area (Å²) in [7, 11) is 2.80. The van der Waals surface area contributed by atoms with Crippen LogP contribution in [0.4, 0.5) is 11.6 Å². The third-order valence-corrected chi connectivity index (χ3v) is 8.92. The largest absolute Gasteiger partial charge is 0.394 e. The number of nitrogen functional groups attached to an aromatic ring is 2. The number of hydrogen-bond donors (Lipinski definition) is 5. The maximum atomic E-state index is 13.4. The summed E-state index contributed by atoms with van der Waals surface area (Å²) < 4.78 is 51.0. The Morgan fingerprint density at radius 1 is 0.884 bits per heavy atom. The molecule has 43 heavy (non-hydrogen) atoms. The molecule has 4 aromatic heterocycles. The first-order chi connectivity index (χ1) is 20.7. The highest BCUT2D eigenvalue weighted by molar-refractivity contribution is 8.44. The van der Waals surface area contributed by atoms with Crippen molar-refractivity contribution in [2.75, 3.05) is 38.9 Å². The smallest absolute Gasteiger partial charge is 0.386 e. The number of anilines is 2. The fourth-order valence-electron chi connectivity index (χ4n) is 5.26. The molecule has 0 aromatic carbocycles. The second kappa shape index (κ2) is 11.8. The SMILES string of the molecule is COC1C(O)[C@@H](COP(=O)(S)OC2C(OC)[C@H](n3cnc4c(N)ncnc43)O[C@@H]2CO)O[C@H]1n1cnc2c(N)ncnc21. The van der Waals surface area contributed by atoms with E-state index in [9.17, 15) is 14.8 Å². The number of ether oxygens (including phenoxy) is 4. The average Bonchev–Trinajstić information content (AvgIpc) is 3.75. The van der Waals surface area contributed by atoms with Gasteiger partial charge in [0.05, 0.1) is 25.9 Å². The summed E-state index contributed by atoms with van der Waals surface area (Å²) in [5.74, 6) is 0.347. The fraction of sp³-hybridized carbons (Fsp3) is 0.545. The number of thiol groups is 1. The molecule has 0 saturated carbocycles. The molecule has 0 amide bonds. The van der Waals surface area contributed by atoms with Gasteiger partial charge in [0.25, 0.3) is 0 Å². The Hall–Kier alpha value is -3.04. The van der Waals surface area contributed by atoms with Gasteiger partial charge < -0.3 is 40.6 Å². The summed E-state index contributed by atoms with van der Waals surface area (Å²) in [4.78, 5) is 24.7. The number of aromatic nitrogens is 8. The van der Waals surface area contributed by atoms with Crippen molar-refractivity contribution in [1.29, 1.82) is 0 Å². The predicted molar refractivity (Wildman–Crippen MR) is 149 cm³/mol. The molecule has 4 aromatic rings. The standard InChI is InChI=1S/C22H29N10O9PS/c1-36-15-13(34)10(40-21(15)31-7-29-11-17(23)25-5-27-19(11)31)4-38-42(35,43)41-14-9(3-33)39-22(16(14)37-2)32-8-30-12-18(24)26-6-28-20(12)32/h5-10,13-16,21-22,33-34H,3-4H2,1-2H3,(H,35,43)(H2,23,25,27)(H2,24,26,28)/t9-,10-,13?,14?,15?,16?,21-,22-,42?/m1/s1. The van der Waals surface area contributed by atoms with Crippen LogP contribution in [0, 0.1) is 0 Å². The third kappa shape index (κ3) is 5.33. The second-order valence-corrected chi connectivity index (χ2v) is 12.6. The normalized spacial score (nSPS) is 30.8. The number of aliphatic hydroxyl groups is 2. The first kappa shape index (κ1) is 30.0. The topological polar surface area (TPSA) is 252 Å². The zero-order valence-electron chi connectivity index (χ0n) is 22.7. The highest BCUT2D eigenvalue weighted by Gasteiger charge is 2.51. The molecule has 2 saturated heterocycles. The first-order valence-electron chi connectivity index (χ1n) is 12.8. The first-order valence-corrected chi connectivity index (χ1v) is 15.5. The molecule has 9 atom stereocenters. The summed E-state index contributed by atoms with van der Waals surface area (Å²) in [5.41, 5.74) is 13.2. The molecule has 6 N–H and O–H groups in total. The number of rotatable bonds is 10. The maximum Gasteiger partial charge on any atom is 0.386 e. The van der Waals surface area contributed by atoms with Gasteiger partial charge in [0.2, 0.25) is 0 Å². The summed E-state index contributed by atoms with van der Waals surface area (Å²) in [6.07, 6.45) is -2.44. The molecule has 19 nitrogen and oxygen atoms in total. The highest BCUT2D eigenvalue weighted by atomic mass is 32.7. The molecule has 2 aliphatic rings. The molecule has 0 aliphatic carbocycles. The molecule has 0 bridgehead atoms. The summed E-state index contributed by atoms with van der Waals surface area (Å²) >= 11 is 4.14. The molecule has 232 valence electrons. The molecule has 0 spiro atoms. The Morgan fingerprint density at radius 3 is 1.95 bits per heavy atom. The Labute approximate surface area is 248 Å². The van der Waals surface area contributed by atoms with Crippen molar-refractivity contribution in [3.63, 3.8) is 0 Å². The van der Waals surface area contributed by atoms with E-state index in [0.717, 1.165) is 0 Å². The van der Waals surface area contributed by atoms with Crippen molar-refractivity contribution in [1.82, 2.24) is 39.0 Å². The van der Waals surface area contributed by atoms with Gasteiger partial charge in [0.15, 0.2) is 35.4 Å². The van der Waals surface area contributed by atoms with Gasteiger partial charge in [0, 0.05) is 14.2 Å². The van der Waals surface area contributed by atoms with Crippen LogP contribution in [-0.4, -0.2) is 113 Å². The van der Waals surface area contributed by atoms with Crippen molar-refractivity contribution in [3.8, 4) is 0 Å². The third-order valence-electron chi connectivity index (χ3n) is 7.30. The molecule has 6 rings (SSSR count). The van der Waals surface area contributed by atoms with E-state index in [1.807, 2.05) is 0 Å². The number of imidazole rings is 2. The fourth-order valence-corrected chi connectivity index (χ4v) is 6.74. The summed E-state index contributed by atoms with van der Waals surface area (Å²) in [5, 5.41) is 21.0. The Morgan fingerprint density at radius 2 is 1.42 bits per heavy atom. The van der Waals surface area contributed by atoms with Crippen molar-refractivity contribution in [2.24, 2.45) is 0 Å². The molecule has 5 unspecified atom stereocenters. The van der Waals surface area contributed by atoms with Gasteiger partial charge in [-0.1, -0.05) is 12.2 Å². The van der Waals surface area contributed by atoms with Crippen LogP contribution in [-0.2, 0) is 32.6 Å². The van der Waals surface area contributed by atoms with E-state index in [0.29, 0.717) is 22.3 Å². The molecule has 0 radical (unpaired) electrons. The van der Waals surface area contributed by atoms with Crippen molar-refractivity contribution in [3.05, 3.63) is 25.3 Å². The minimum Gasteiger partial charge on any atom is -0.394 e. The van der Waals surface area contributed by atoms with Crippen molar-refractivity contribution < 1.29 is 42.8 Å². The van der Waals surface area contributed by atoms with E-state index in [2.05, 4.69) is 42.2 Å². The van der Waals surface area contributed by atoms with Crippen LogP contribution in [0.25, 0.3) is 22.3 Å². The zero-order chi connectivity index (χ0) is 30.5. The van der Waals surface area contributed by atoms with E-state index < -0.39 is 69.1 Å². The molecule has 6 heterocycles. The predicted octanol–water partition coefficient (Wildman–Crippen LogP) is -0.552. The zero-order valence-corrected chi connectivity index (χ0v) is 24.5. The van der Waals surface area contributed by atoms with Crippen LogP contribution in [0.5, 0.6) is 0 Å². The van der Waals surface area contributed by atoms with Crippen LogP contribution in [0.3, 0.4) is 0 Å². The maximum absolute atomic E-state index is 13.4. The van der Waals surface area contributed by atoms with E-state index in [1.165, 1.54) is 39.5 Å². The Balaban J connectivity index is 1.17. The number of nitrogens with zero attached hydrogens (tertiary/aromatic N) is 8. The van der Waals surface area contributed by atoms with Gasteiger partial charge in [-0.3, -0.25) is 18.2 Å². The quantitative estimate of drug-likeness (QED) is 0.108. The number of methoxy groups -OCH3 is 2.